The van der Waals surface area contributed by atoms with Crippen molar-refractivity contribution >= 4 is 68.1 Å². The number of morpholine rings is 2. The number of nitrogen functional groups attached to an aromatic ring is 2. The van der Waals surface area contributed by atoms with E-state index in [-0.39, 0.29) is 129 Å². The monoisotopic (exact) mass is 1250 g/mol. The average Bonchev–Trinajstić information content (AvgIpc) is 4.12. The molecule has 0 bridgehead atoms. The quantitative estimate of drug-likeness (QED) is 0.0391. The van der Waals surface area contributed by atoms with Gasteiger partial charge >= 0.3 is 29.3 Å². The molecule has 2 aliphatic heterocycles. The molecule has 0 amide bonds. The second-order valence-corrected chi connectivity index (χ2v) is 19.9. The Labute approximate surface area is 503 Å². The van der Waals surface area contributed by atoms with E-state index < -0.39 is 66.3 Å². The SMILES string of the molecule is CCOC(=O)CN(Cc1ccnc(N2CCOCC2)c1)c1nc(OC2CCCC2)nc(N)c1[N+](=O)[O-].CCOC(=O)CN(Cc1ccnc(N2CCOCC2)c1)c1nc(S(C)(=O)=O)nc(N)c1[N+](=O)[O-].OC1CCCC1.[CH3-].[CH3-].[V].[Y]. The van der Waals surface area contributed by atoms with Crippen molar-refractivity contribution in [1.82, 2.24) is 29.9 Å². The Morgan fingerprint density at radius 3 is 1.52 bits per heavy atom. The van der Waals surface area contributed by atoms with Gasteiger partial charge in [-0.2, -0.15) is 19.9 Å². The van der Waals surface area contributed by atoms with Crippen LogP contribution >= 0.6 is 0 Å². The van der Waals surface area contributed by atoms with Crippen molar-refractivity contribution in [3.05, 3.63) is 82.9 Å². The number of pyridine rings is 2. The summed E-state index contributed by atoms with van der Waals surface area (Å²) in [5.41, 5.74) is 12.0. The topological polar surface area (TPSA) is 363 Å². The van der Waals surface area contributed by atoms with Crippen LogP contribution in [0.25, 0.3) is 0 Å². The van der Waals surface area contributed by atoms with Crippen LogP contribution in [0.2, 0.25) is 0 Å². The van der Waals surface area contributed by atoms with Gasteiger partial charge in [-0.05, 0) is 87.8 Å². The Morgan fingerprint density at radius 1 is 0.725 bits per heavy atom. The molecule has 0 spiro atoms. The van der Waals surface area contributed by atoms with Crippen molar-refractivity contribution in [3.8, 4) is 6.01 Å². The Kier molecular flexibility index (Phi) is 30.4. The fraction of sp³-hybridized carbons (Fsp3) is 0.551. The van der Waals surface area contributed by atoms with E-state index in [0.717, 1.165) is 56.2 Å². The number of rotatable bonds is 19. The first-order chi connectivity index (χ1) is 36.4. The molecule has 4 aromatic rings. The van der Waals surface area contributed by atoms with Crippen LogP contribution < -0.4 is 35.8 Å². The first-order valence-electron chi connectivity index (χ1n) is 25.0. The third-order valence-electron chi connectivity index (χ3n) is 12.2. The van der Waals surface area contributed by atoms with Gasteiger partial charge in [-0.3, -0.25) is 29.8 Å². The minimum absolute atomic E-state index is 0. The zero-order valence-electron chi connectivity index (χ0n) is 45.9. The molecule has 5 N–H and O–H groups in total. The summed E-state index contributed by atoms with van der Waals surface area (Å²) in [6, 6.07) is 7.08. The number of esters is 2. The van der Waals surface area contributed by atoms with Gasteiger partial charge in [0.1, 0.15) is 30.8 Å². The molecule has 0 atom stereocenters. The molecule has 438 valence electrons. The van der Waals surface area contributed by atoms with E-state index in [4.69, 9.17) is 40.3 Å². The maximum atomic E-state index is 12.5. The van der Waals surface area contributed by atoms with Crippen molar-refractivity contribution < 1.29 is 108 Å². The number of anilines is 6. The van der Waals surface area contributed by atoms with Crippen LogP contribution in [-0.4, -0.2) is 163 Å². The van der Waals surface area contributed by atoms with Gasteiger partial charge < -0.3 is 74.7 Å². The number of aromatic nitrogens is 6. The fourth-order valence-electron chi connectivity index (χ4n) is 8.57. The zero-order valence-corrected chi connectivity index (χ0v) is 50.9. The van der Waals surface area contributed by atoms with Gasteiger partial charge in [0.25, 0.3) is 5.16 Å². The van der Waals surface area contributed by atoms with Crippen LogP contribution in [0, 0.1) is 35.1 Å². The van der Waals surface area contributed by atoms with Crippen molar-refractivity contribution in [2.75, 3.05) is 116 Å². The fourth-order valence-corrected chi connectivity index (χ4v) is 9.09. The molecule has 2 saturated heterocycles. The molecule has 8 rings (SSSR count). The van der Waals surface area contributed by atoms with Crippen molar-refractivity contribution in [3.63, 3.8) is 0 Å². The third-order valence-corrected chi connectivity index (χ3v) is 13.1. The van der Waals surface area contributed by atoms with Gasteiger partial charge in [0.15, 0.2) is 0 Å². The van der Waals surface area contributed by atoms with E-state index in [9.17, 15) is 38.2 Å². The standard InChI is InChI=1S/C23H31N7O6.C19H25N7O7S.C5H10O.2CH3.V.Y/c1-2-35-19(31)15-29(14-16-7-8-25-18(13-16)28-9-11-34-12-10-28)22-20(30(32)33)21(24)26-23(27-22)36-17-5-3-4-6-17;1-3-33-15(27)12-25(11-13-4-5-21-14(10-13)24-6-8-32-9-7-24)18-16(26(28)29)17(20)22-19(23-18)34(2,30)31;6-5-3-1-2-4-5;;;;/h7-8,13,17H,2-6,9-12,14-15H2,1H3,(H2,24,26,27);4-5,10H,3,6-9,11-12H2,1-2H3,(H2,20,22,23);5-6H,1-4H2;2*1H3;;/q;;;2*-1;;. The van der Waals surface area contributed by atoms with Crippen LogP contribution in [0.15, 0.2) is 41.8 Å². The van der Waals surface area contributed by atoms with E-state index in [1.54, 1.807) is 44.4 Å². The Bertz CT molecular complexity index is 2740. The van der Waals surface area contributed by atoms with Gasteiger partial charge in [-0.1, -0.05) is 12.8 Å². The Hall–Kier alpha value is -5.68. The number of aliphatic hydroxyl groups excluding tert-OH is 1. The number of hydrogen-bond donors (Lipinski definition) is 3. The summed E-state index contributed by atoms with van der Waals surface area (Å²) >= 11 is 0. The average molecular weight is 1250 g/mol. The molecule has 80 heavy (non-hydrogen) atoms. The van der Waals surface area contributed by atoms with Gasteiger partial charge in [0, 0.05) is 109 Å². The van der Waals surface area contributed by atoms with E-state index in [0.29, 0.717) is 64.0 Å². The van der Waals surface area contributed by atoms with Gasteiger partial charge in [0.05, 0.1) is 55.6 Å². The molecule has 28 nitrogen and oxygen atoms in total. The van der Waals surface area contributed by atoms with E-state index in [1.807, 2.05) is 11.0 Å². The first kappa shape index (κ1) is 70.4. The van der Waals surface area contributed by atoms with Gasteiger partial charge in [0.2, 0.25) is 33.1 Å². The Balaban J connectivity index is 0.000000473. The summed E-state index contributed by atoms with van der Waals surface area (Å²) < 4.78 is 50.9. The second-order valence-electron chi connectivity index (χ2n) is 17.9. The number of nitro groups is 2. The normalized spacial score (nSPS) is 15.1. The van der Waals surface area contributed by atoms with Crippen LogP contribution in [0.5, 0.6) is 6.01 Å². The second kappa shape index (κ2) is 34.6. The number of carbonyl (C=O) groups excluding carboxylic acids is 2. The predicted molar refractivity (Wildman–Crippen MR) is 289 cm³/mol. The van der Waals surface area contributed by atoms with Crippen LogP contribution in [0.4, 0.5) is 46.3 Å². The zero-order chi connectivity index (χ0) is 54.8. The molecular formula is C49H72N14O14SVY-2. The number of ether oxygens (including phenoxy) is 5. The smallest absolute Gasteiger partial charge is 0.353 e. The summed E-state index contributed by atoms with van der Waals surface area (Å²) in [6.45, 7) is 7.98. The molecule has 0 unspecified atom stereocenters. The molecule has 2 radical (unpaired) electrons. The van der Waals surface area contributed by atoms with Crippen LogP contribution in [0.3, 0.4) is 0 Å². The van der Waals surface area contributed by atoms with Crippen LogP contribution in [-0.2, 0) is 103 Å². The van der Waals surface area contributed by atoms with Crippen molar-refractivity contribution in [2.45, 2.75) is 95.7 Å². The third kappa shape index (κ3) is 21.0. The molecule has 0 aromatic carbocycles. The van der Waals surface area contributed by atoms with Gasteiger partial charge in [-0.15, -0.1) is 0 Å². The molecule has 2 aliphatic carbocycles. The Morgan fingerprint density at radius 2 is 1.14 bits per heavy atom. The largest absolute Gasteiger partial charge is 0.465 e. The number of hydrogen-bond acceptors (Lipinski definition) is 26. The number of carbonyl (C=O) groups is 2. The molecule has 4 aromatic heterocycles. The molecule has 4 aliphatic rings. The van der Waals surface area contributed by atoms with E-state index in [1.165, 1.54) is 22.6 Å². The summed E-state index contributed by atoms with van der Waals surface area (Å²) in [6.07, 6.45) is 12.4. The minimum atomic E-state index is -3.95. The van der Waals surface area contributed by atoms with Crippen molar-refractivity contribution in [1.29, 1.82) is 0 Å². The summed E-state index contributed by atoms with van der Waals surface area (Å²) in [5.74, 6) is -1.26. The summed E-state index contributed by atoms with van der Waals surface area (Å²) in [5, 5.41) is 31.8. The molecule has 6 heterocycles. The van der Waals surface area contributed by atoms with Crippen molar-refractivity contribution in [2.24, 2.45) is 0 Å². The van der Waals surface area contributed by atoms with E-state index >= 15 is 0 Å². The predicted octanol–water partition coefficient (Wildman–Crippen LogP) is 4.08. The summed E-state index contributed by atoms with van der Waals surface area (Å²) in [4.78, 5) is 78.6. The molecular weight excluding hydrogens is 1180 g/mol. The van der Waals surface area contributed by atoms with Gasteiger partial charge in [-0.25, -0.2) is 18.4 Å². The number of nitrogens with two attached hydrogens (primary N) is 2. The first-order valence-corrected chi connectivity index (χ1v) is 26.9. The number of sulfone groups is 1. The molecule has 2 saturated carbocycles. The maximum Gasteiger partial charge on any atom is 0.353 e. The summed E-state index contributed by atoms with van der Waals surface area (Å²) in [7, 11) is -3.95. The number of aliphatic hydroxyl groups is 1. The molecule has 31 heteroatoms. The number of nitrogens with zero attached hydrogens (tertiary/aromatic N) is 12. The molecule has 4 fully saturated rings. The minimum Gasteiger partial charge on any atom is -0.465 e. The van der Waals surface area contributed by atoms with E-state index in [2.05, 4.69) is 34.8 Å². The van der Waals surface area contributed by atoms with Crippen LogP contribution in [0.1, 0.15) is 76.3 Å². The maximum absolute atomic E-state index is 12.5.